The molecule has 0 radical (unpaired) electrons. The topological polar surface area (TPSA) is 86.7 Å². The highest BCUT2D eigenvalue weighted by Gasteiger charge is 2.30. The molecule has 186 valence electrons. The molecule has 4 rings (SSSR count). The lowest BCUT2D eigenvalue weighted by Gasteiger charge is -2.19. The molecule has 3 aromatic rings. The van der Waals surface area contributed by atoms with E-state index in [2.05, 4.69) is 5.32 Å². The Morgan fingerprint density at radius 3 is 2.19 bits per heavy atom. The number of aliphatic carboxylic acids is 1. The monoisotopic (exact) mass is 496 g/mol. The largest absolute Gasteiger partial charge is 0.481 e. The maximum absolute atomic E-state index is 13.3. The second-order valence-electron chi connectivity index (χ2n) is 8.52. The number of alkyl halides is 3. The molecule has 36 heavy (non-hydrogen) atoms. The summed E-state index contributed by atoms with van der Waals surface area (Å²) in [5, 5.41) is 11.9. The Labute approximate surface area is 205 Å². The Morgan fingerprint density at radius 1 is 0.889 bits per heavy atom. The van der Waals surface area contributed by atoms with Gasteiger partial charge in [-0.2, -0.15) is 13.2 Å². The number of halogens is 3. The molecule has 2 N–H and O–H groups in total. The van der Waals surface area contributed by atoms with E-state index in [4.69, 9.17) is 5.11 Å². The second-order valence-corrected chi connectivity index (χ2v) is 8.52. The van der Waals surface area contributed by atoms with Crippen LogP contribution in [0.3, 0.4) is 0 Å². The van der Waals surface area contributed by atoms with Crippen LogP contribution in [0.25, 0.3) is 11.1 Å². The van der Waals surface area contributed by atoms with Gasteiger partial charge < -0.3 is 15.3 Å². The van der Waals surface area contributed by atoms with Crippen LogP contribution in [0, 0.1) is 0 Å². The summed E-state index contributed by atoms with van der Waals surface area (Å²) in [6.07, 6.45) is -3.02. The molecule has 0 unspecified atom stereocenters. The molecule has 9 heteroatoms. The van der Waals surface area contributed by atoms with E-state index in [0.29, 0.717) is 29.8 Å². The molecule has 3 aromatic carbocycles. The third-order valence-corrected chi connectivity index (χ3v) is 6.01. The second kappa shape index (κ2) is 10.2. The molecule has 0 aromatic heterocycles. The number of amides is 2. The van der Waals surface area contributed by atoms with Crippen molar-refractivity contribution < 1.29 is 32.7 Å². The highest BCUT2D eigenvalue weighted by molar-refractivity contribution is 6.12. The molecule has 1 fully saturated rings. The minimum Gasteiger partial charge on any atom is -0.481 e. The predicted octanol–water partition coefficient (Wildman–Crippen LogP) is 5.49. The molecular formula is C27H23F3N2O4. The summed E-state index contributed by atoms with van der Waals surface area (Å²) < 4.78 is 38.9. The number of carbonyl (C=O) groups excluding carboxylic acids is 2. The van der Waals surface area contributed by atoms with Crippen LogP contribution in [0.2, 0.25) is 0 Å². The van der Waals surface area contributed by atoms with E-state index in [0.717, 1.165) is 25.0 Å². The zero-order chi connectivity index (χ0) is 25.9. The van der Waals surface area contributed by atoms with Crippen molar-refractivity contribution >= 4 is 23.5 Å². The van der Waals surface area contributed by atoms with Gasteiger partial charge in [0.2, 0.25) is 0 Å². The Hall–Kier alpha value is -4.14. The molecule has 2 amide bonds. The normalized spacial score (nSPS) is 13.5. The highest BCUT2D eigenvalue weighted by atomic mass is 19.4. The first kappa shape index (κ1) is 25.0. The number of nitrogens with one attached hydrogen (secondary N) is 1. The summed E-state index contributed by atoms with van der Waals surface area (Å²) in [6, 6.07) is 15.5. The lowest BCUT2D eigenvalue weighted by molar-refractivity contribution is -0.138. The molecule has 0 bridgehead atoms. The Morgan fingerprint density at radius 2 is 1.56 bits per heavy atom. The number of rotatable bonds is 6. The first-order chi connectivity index (χ1) is 17.1. The van der Waals surface area contributed by atoms with Crippen LogP contribution in [0.4, 0.5) is 18.9 Å². The van der Waals surface area contributed by atoms with Crippen molar-refractivity contribution in [2.45, 2.75) is 25.4 Å². The van der Waals surface area contributed by atoms with Gasteiger partial charge in [0.05, 0.1) is 23.2 Å². The lowest BCUT2D eigenvalue weighted by atomic mass is 9.97. The number of hydrogen-bond donors (Lipinski definition) is 2. The van der Waals surface area contributed by atoms with E-state index in [1.165, 1.54) is 30.3 Å². The van der Waals surface area contributed by atoms with Crippen LogP contribution >= 0.6 is 0 Å². The summed E-state index contributed by atoms with van der Waals surface area (Å²) in [7, 11) is 0. The first-order valence-electron chi connectivity index (χ1n) is 11.4. The number of carboxylic acids is 1. The SMILES string of the molecule is O=C(O)Cc1ccc(NC(=O)c2ccccc2-c2ccc(C(F)(F)F)cc2)c(C(=O)N2CCCC2)c1. The fourth-order valence-electron chi connectivity index (χ4n) is 4.21. The smallest absolute Gasteiger partial charge is 0.416 e. The van der Waals surface area contributed by atoms with Gasteiger partial charge in [0.25, 0.3) is 11.8 Å². The summed E-state index contributed by atoms with van der Waals surface area (Å²) in [5.74, 6) is -1.89. The van der Waals surface area contributed by atoms with Crippen molar-refractivity contribution in [1.82, 2.24) is 4.90 Å². The van der Waals surface area contributed by atoms with Gasteiger partial charge >= 0.3 is 12.1 Å². The van der Waals surface area contributed by atoms with Crippen molar-refractivity contribution in [2.24, 2.45) is 0 Å². The maximum Gasteiger partial charge on any atom is 0.416 e. The Balaban J connectivity index is 1.66. The predicted molar refractivity (Wildman–Crippen MR) is 128 cm³/mol. The van der Waals surface area contributed by atoms with Crippen LogP contribution in [0.1, 0.15) is 44.7 Å². The van der Waals surface area contributed by atoms with E-state index < -0.39 is 23.6 Å². The fourth-order valence-corrected chi connectivity index (χ4v) is 4.21. The van der Waals surface area contributed by atoms with Gasteiger partial charge in [-0.05, 0) is 59.9 Å². The van der Waals surface area contributed by atoms with Crippen molar-refractivity contribution in [2.75, 3.05) is 18.4 Å². The minimum atomic E-state index is -4.47. The Kier molecular flexibility index (Phi) is 7.10. The number of hydrogen-bond acceptors (Lipinski definition) is 3. The molecule has 0 aliphatic carbocycles. The average molecular weight is 496 g/mol. The standard InChI is InChI=1S/C27H23F3N2O4/c28-27(29,30)19-10-8-18(9-11-19)20-5-1-2-6-21(20)25(35)31-23-12-7-17(16-24(33)34)15-22(23)26(36)32-13-3-4-14-32/h1-2,5-12,15H,3-4,13-14,16H2,(H,31,35)(H,33,34). The third-order valence-electron chi connectivity index (χ3n) is 6.01. The Bertz CT molecular complexity index is 1300. The van der Waals surface area contributed by atoms with E-state index >= 15 is 0 Å². The van der Waals surface area contributed by atoms with E-state index in [9.17, 15) is 27.6 Å². The van der Waals surface area contributed by atoms with E-state index in [1.54, 1.807) is 29.2 Å². The number of likely N-dealkylation sites (tertiary alicyclic amines) is 1. The van der Waals surface area contributed by atoms with E-state index in [1.807, 2.05) is 0 Å². The van der Waals surface area contributed by atoms with Gasteiger partial charge in [0.1, 0.15) is 0 Å². The number of carbonyl (C=O) groups is 3. The van der Waals surface area contributed by atoms with Crippen molar-refractivity contribution in [3.63, 3.8) is 0 Å². The zero-order valence-corrected chi connectivity index (χ0v) is 19.1. The van der Waals surface area contributed by atoms with Crippen molar-refractivity contribution in [1.29, 1.82) is 0 Å². The number of anilines is 1. The summed E-state index contributed by atoms with van der Waals surface area (Å²) in [5.41, 5.74) is 1.13. The number of nitrogens with zero attached hydrogens (tertiary/aromatic N) is 1. The van der Waals surface area contributed by atoms with Crippen LogP contribution in [-0.2, 0) is 17.4 Å². The van der Waals surface area contributed by atoms with Crippen LogP contribution in [0.15, 0.2) is 66.7 Å². The lowest BCUT2D eigenvalue weighted by Crippen LogP contribution is -2.29. The molecule has 1 heterocycles. The molecule has 6 nitrogen and oxygen atoms in total. The van der Waals surface area contributed by atoms with Gasteiger partial charge in [-0.1, -0.05) is 36.4 Å². The molecule has 0 spiro atoms. The third kappa shape index (κ3) is 5.56. The molecule has 1 aliphatic heterocycles. The van der Waals surface area contributed by atoms with Crippen molar-refractivity contribution in [3.8, 4) is 11.1 Å². The van der Waals surface area contributed by atoms with E-state index in [-0.39, 0.29) is 29.1 Å². The minimum absolute atomic E-state index is 0.191. The highest BCUT2D eigenvalue weighted by Crippen LogP contribution is 2.32. The fraction of sp³-hybridized carbons (Fsp3) is 0.222. The van der Waals surface area contributed by atoms with Gasteiger partial charge in [-0.15, -0.1) is 0 Å². The summed E-state index contributed by atoms with van der Waals surface area (Å²) in [4.78, 5) is 39.3. The van der Waals surface area contributed by atoms with Gasteiger partial charge in [0, 0.05) is 18.7 Å². The first-order valence-corrected chi connectivity index (χ1v) is 11.4. The van der Waals surface area contributed by atoms with Crippen LogP contribution in [0.5, 0.6) is 0 Å². The molecular weight excluding hydrogens is 473 g/mol. The molecule has 1 aliphatic rings. The zero-order valence-electron chi connectivity index (χ0n) is 19.1. The summed E-state index contributed by atoms with van der Waals surface area (Å²) >= 11 is 0. The van der Waals surface area contributed by atoms with Crippen LogP contribution < -0.4 is 5.32 Å². The quantitative estimate of drug-likeness (QED) is 0.473. The van der Waals surface area contributed by atoms with Gasteiger partial charge in [0.15, 0.2) is 0 Å². The summed E-state index contributed by atoms with van der Waals surface area (Å²) in [6.45, 7) is 1.15. The molecule has 1 saturated heterocycles. The van der Waals surface area contributed by atoms with Gasteiger partial charge in [-0.25, -0.2) is 0 Å². The number of benzene rings is 3. The van der Waals surface area contributed by atoms with Crippen molar-refractivity contribution in [3.05, 3.63) is 89.0 Å². The maximum atomic E-state index is 13.3. The average Bonchev–Trinajstić information content (AvgIpc) is 3.39. The number of carboxylic acid groups (broad SMARTS) is 1. The molecule has 0 atom stereocenters. The van der Waals surface area contributed by atoms with Crippen LogP contribution in [-0.4, -0.2) is 40.9 Å². The molecule has 0 saturated carbocycles. The van der Waals surface area contributed by atoms with Gasteiger partial charge in [-0.3, -0.25) is 14.4 Å².